The van der Waals surface area contributed by atoms with Crippen molar-refractivity contribution >= 4 is 0 Å². The van der Waals surface area contributed by atoms with E-state index in [0.29, 0.717) is 34.5 Å². The van der Waals surface area contributed by atoms with E-state index in [1.54, 1.807) is 0 Å². The molecular weight excluding hydrogens is 368 g/mol. The van der Waals surface area contributed by atoms with Crippen LogP contribution in [-0.4, -0.2) is 21.9 Å². The number of hydrogen-bond donors (Lipinski definition) is 2. The molecule has 0 amide bonds. The van der Waals surface area contributed by atoms with Crippen molar-refractivity contribution in [3.05, 3.63) is 12.7 Å². The van der Waals surface area contributed by atoms with Crippen LogP contribution >= 0.6 is 0 Å². The fraction of sp³-hybridized carbons (Fsp3) is 0.929. The first-order valence-electron chi connectivity index (χ1n) is 13.2. The number of fused-ring (bicyclic) bond motifs is 7. The molecule has 170 valence electrons. The highest BCUT2D eigenvalue weighted by Gasteiger charge is 2.73. The van der Waals surface area contributed by atoms with E-state index in [9.17, 15) is 10.2 Å². The Kier molecular flexibility index (Phi) is 5.07. The summed E-state index contributed by atoms with van der Waals surface area (Å²) in [5.41, 5.74) is 0.564. The number of hydrogen-bond acceptors (Lipinski definition) is 2. The van der Waals surface area contributed by atoms with Gasteiger partial charge >= 0.3 is 0 Å². The standard InChI is InChI=1S/C28H46O2/c1-6-8-24(29)17(3)20-11-12-21-18-9-10-23-25-19(7-2)28(25,30)16-15-27(23,5)22(18)13-14-26(20,21)4/h6,17-25,29-30H,1,7-16H2,2-5H3/t17-,18-,19?,20+,21-,22-,23+,24+,25?,26+,27+,28-/m0/s1. The van der Waals surface area contributed by atoms with Crippen molar-refractivity contribution in [3.8, 4) is 0 Å². The molecule has 0 aromatic carbocycles. The molecule has 0 aromatic rings. The number of aliphatic hydroxyl groups is 2. The van der Waals surface area contributed by atoms with Crippen LogP contribution in [0.1, 0.15) is 91.9 Å². The van der Waals surface area contributed by atoms with Crippen molar-refractivity contribution in [2.75, 3.05) is 0 Å². The fourth-order valence-corrected chi connectivity index (χ4v) is 10.6. The van der Waals surface area contributed by atoms with Crippen LogP contribution in [0.15, 0.2) is 12.7 Å². The van der Waals surface area contributed by atoms with Gasteiger partial charge in [-0.15, -0.1) is 6.58 Å². The molecule has 5 rings (SSSR count). The van der Waals surface area contributed by atoms with E-state index in [4.69, 9.17) is 0 Å². The Morgan fingerprint density at radius 1 is 0.967 bits per heavy atom. The first-order chi connectivity index (χ1) is 14.2. The summed E-state index contributed by atoms with van der Waals surface area (Å²) in [4.78, 5) is 0. The van der Waals surface area contributed by atoms with Crippen molar-refractivity contribution in [2.24, 2.45) is 58.2 Å². The lowest BCUT2D eigenvalue weighted by molar-refractivity contribution is -0.134. The van der Waals surface area contributed by atoms with Gasteiger partial charge in [-0.25, -0.2) is 0 Å². The summed E-state index contributed by atoms with van der Waals surface area (Å²) in [5, 5.41) is 21.9. The zero-order valence-electron chi connectivity index (χ0n) is 19.9. The van der Waals surface area contributed by atoms with Gasteiger partial charge in [-0.1, -0.05) is 40.2 Å². The normalized spacial score (nSPS) is 56.1. The molecule has 0 aromatic heterocycles. The molecule has 5 aliphatic rings. The zero-order valence-corrected chi connectivity index (χ0v) is 19.9. The molecule has 12 atom stereocenters. The molecule has 2 N–H and O–H groups in total. The largest absolute Gasteiger partial charge is 0.393 e. The minimum Gasteiger partial charge on any atom is -0.393 e. The van der Waals surface area contributed by atoms with Crippen LogP contribution in [-0.2, 0) is 0 Å². The Balaban J connectivity index is 1.37. The van der Waals surface area contributed by atoms with Gasteiger partial charge in [0, 0.05) is 0 Å². The molecule has 5 aliphatic carbocycles. The minimum atomic E-state index is -0.301. The van der Waals surface area contributed by atoms with Gasteiger partial charge in [0.15, 0.2) is 0 Å². The zero-order chi connectivity index (χ0) is 21.5. The van der Waals surface area contributed by atoms with Crippen LogP contribution in [0.3, 0.4) is 0 Å². The second-order valence-electron chi connectivity index (χ2n) is 12.8. The molecule has 0 radical (unpaired) electrons. The van der Waals surface area contributed by atoms with E-state index in [0.717, 1.165) is 42.9 Å². The Labute approximate surface area is 184 Å². The summed E-state index contributed by atoms with van der Waals surface area (Å²) in [7, 11) is 0. The smallest absolute Gasteiger partial charge is 0.0714 e. The minimum absolute atomic E-state index is 0.231. The fourth-order valence-electron chi connectivity index (χ4n) is 10.6. The van der Waals surface area contributed by atoms with Gasteiger partial charge in [0.1, 0.15) is 0 Å². The molecule has 0 bridgehead atoms. The van der Waals surface area contributed by atoms with Gasteiger partial charge < -0.3 is 10.2 Å². The molecule has 2 heteroatoms. The number of rotatable bonds is 5. The van der Waals surface area contributed by atoms with Crippen molar-refractivity contribution in [2.45, 2.75) is 104 Å². The van der Waals surface area contributed by atoms with Crippen LogP contribution in [0.4, 0.5) is 0 Å². The van der Waals surface area contributed by atoms with Crippen LogP contribution < -0.4 is 0 Å². The van der Waals surface area contributed by atoms with Gasteiger partial charge in [-0.05, 0) is 116 Å². The molecule has 2 unspecified atom stereocenters. The van der Waals surface area contributed by atoms with E-state index >= 15 is 0 Å². The predicted molar refractivity (Wildman–Crippen MR) is 123 cm³/mol. The highest BCUT2D eigenvalue weighted by molar-refractivity contribution is 5.22. The second kappa shape index (κ2) is 7.08. The lowest BCUT2D eigenvalue weighted by Crippen LogP contribution is -2.54. The predicted octanol–water partition coefficient (Wildman–Crippen LogP) is 6.22. The van der Waals surface area contributed by atoms with Gasteiger partial charge in [-0.2, -0.15) is 0 Å². The second-order valence-corrected chi connectivity index (χ2v) is 12.8. The summed E-state index contributed by atoms with van der Waals surface area (Å²) in [5.74, 6) is 5.57. The molecule has 0 heterocycles. The topological polar surface area (TPSA) is 40.5 Å². The van der Waals surface area contributed by atoms with Crippen molar-refractivity contribution < 1.29 is 10.2 Å². The average molecular weight is 415 g/mol. The van der Waals surface area contributed by atoms with E-state index in [1.165, 1.54) is 44.9 Å². The molecular formula is C28H46O2. The van der Waals surface area contributed by atoms with Crippen molar-refractivity contribution in [1.29, 1.82) is 0 Å². The van der Waals surface area contributed by atoms with E-state index in [2.05, 4.69) is 34.3 Å². The number of aliphatic hydroxyl groups excluding tert-OH is 1. The molecule has 2 nitrogen and oxygen atoms in total. The SMILES string of the molecule is C=CC[C@@H](O)[C@@H](C)[C@H]1CC[C@H]2[C@@H]3CC[C@@H]4C5C(CC)[C@@]5(O)CC[C@]4(C)[C@H]3CC[C@]12C. The first-order valence-corrected chi connectivity index (χ1v) is 13.2. The van der Waals surface area contributed by atoms with Crippen LogP contribution in [0.5, 0.6) is 0 Å². The van der Waals surface area contributed by atoms with E-state index in [1.807, 2.05) is 6.08 Å². The Hall–Kier alpha value is -0.340. The lowest BCUT2D eigenvalue weighted by Gasteiger charge is -2.61. The third kappa shape index (κ3) is 2.68. The van der Waals surface area contributed by atoms with E-state index in [-0.39, 0.29) is 11.7 Å². The van der Waals surface area contributed by atoms with Gasteiger partial charge in [0.2, 0.25) is 0 Å². The van der Waals surface area contributed by atoms with E-state index < -0.39 is 0 Å². The molecule has 5 fully saturated rings. The maximum Gasteiger partial charge on any atom is 0.0714 e. The maximum atomic E-state index is 11.2. The van der Waals surface area contributed by atoms with Crippen molar-refractivity contribution in [3.63, 3.8) is 0 Å². The van der Waals surface area contributed by atoms with Gasteiger partial charge in [0.25, 0.3) is 0 Å². The Morgan fingerprint density at radius 2 is 1.67 bits per heavy atom. The average Bonchev–Trinajstić information content (AvgIpc) is 3.16. The quantitative estimate of drug-likeness (QED) is 0.525. The van der Waals surface area contributed by atoms with Crippen LogP contribution in [0.25, 0.3) is 0 Å². The van der Waals surface area contributed by atoms with Crippen LogP contribution in [0, 0.1) is 58.2 Å². The summed E-state index contributed by atoms with van der Waals surface area (Å²) in [6.45, 7) is 13.7. The van der Waals surface area contributed by atoms with Gasteiger partial charge in [-0.3, -0.25) is 0 Å². The third-order valence-electron chi connectivity index (χ3n) is 12.1. The highest BCUT2D eigenvalue weighted by Crippen LogP contribution is 2.75. The Morgan fingerprint density at radius 3 is 2.37 bits per heavy atom. The van der Waals surface area contributed by atoms with Gasteiger partial charge in [0.05, 0.1) is 11.7 Å². The molecule has 0 spiro atoms. The molecule has 0 aliphatic heterocycles. The summed E-state index contributed by atoms with van der Waals surface area (Å²) in [6, 6.07) is 0. The maximum absolute atomic E-state index is 11.2. The molecule has 0 saturated heterocycles. The van der Waals surface area contributed by atoms with Crippen LogP contribution in [0.2, 0.25) is 0 Å². The first kappa shape index (κ1) is 21.5. The molecule has 30 heavy (non-hydrogen) atoms. The lowest BCUT2D eigenvalue weighted by atomic mass is 9.44. The summed E-state index contributed by atoms with van der Waals surface area (Å²) >= 11 is 0. The monoisotopic (exact) mass is 414 g/mol. The summed E-state index contributed by atoms with van der Waals surface area (Å²) < 4.78 is 0. The summed E-state index contributed by atoms with van der Waals surface area (Å²) in [6.07, 6.45) is 14.0. The third-order valence-corrected chi connectivity index (χ3v) is 12.1. The molecule has 5 saturated carbocycles. The highest BCUT2D eigenvalue weighted by atomic mass is 16.3. The van der Waals surface area contributed by atoms with Crippen molar-refractivity contribution in [1.82, 2.24) is 0 Å². The Bertz CT molecular complexity index is 688.